The highest BCUT2D eigenvalue weighted by molar-refractivity contribution is 6.05. The smallest absolute Gasteiger partial charge is 0.129 e. The normalized spacial score (nSPS) is 11.1. The minimum absolute atomic E-state index is 0.957. The van der Waals surface area contributed by atoms with Gasteiger partial charge in [0.1, 0.15) is 5.82 Å². The summed E-state index contributed by atoms with van der Waals surface area (Å²) in [5.74, 6) is 1.03. The maximum absolute atomic E-state index is 4.91. The molecule has 1 N–H and O–H groups in total. The Bertz CT molecular complexity index is 765. The zero-order valence-electron chi connectivity index (χ0n) is 12.7. The topological polar surface area (TPSA) is 37.8 Å². The number of aryl methyl sites for hydroxylation is 1. The third-order valence-corrected chi connectivity index (χ3v) is 3.75. The van der Waals surface area contributed by atoms with Crippen LogP contribution in [0, 0.1) is 0 Å². The van der Waals surface area contributed by atoms with Crippen molar-refractivity contribution >= 4 is 27.5 Å². The Morgan fingerprint density at radius 2 is 1.90 bits per heavy atom. The SMILES string of the molecule is CCCNc1nc2c(ccc3ccncc32)cc1CCC. The van der Waals surface area contributed by atoms with Gasteiger partial charge in [0.05, 0.1) is 5.52 Å². The van der Waals surface area contributed by atoms with Crippen LogP contribution >= 0.6 is 0 Å². The molecule has 3 aromatic rings. The summed E-state index contributed by atoms with van der Waals surface area (Å²) in [5, 5.41) is 6.98. The molecule has 1 aromatic carbocycles. The molecule has 0 aliphatic heterocycles. The van der Waals surface area contributed by atoms with E-state index < -0.39 is 0 Å². The molecule has 0 radical (unpaired) electrons. The van der Waals surface area contributed by atoms with Crippen molar-refractivity contribution in [2.24, 2.45) is 0 Å². The maximum Gasteiger partial charge on any atom is 0.129 e. The number of hydrogen-bond acceptors (Lipinski definition) is 3. The van der Waals surface area contributed by atoms with Crippen LogP contribution in [0.2, 0.25) is 0 Å². The van der Waals surface area contributed by atoms with E-state index in [1.165, 1.54) is 16.3 Å². The van der Waals surface area contributed by atoms with E-state index in [0.29, 0.717) is 0 Å². The highest BCUT2D eigenvalue weighted by atomic mass is 15.0. The van der Waals surface area contributed by atoms with Gasteiger partial charge >= 0.3 is 0 Å². The zero-order valence-corrected chi connectivity index (χ0v) is 12.7. The average Bonchev–Trinajstić information content (AvgIpc) is 2.53. The third-order valence-electron chi connectivity index (χ3n) is 3.75. The molecular weight excluding hydrogens is 258 g/mol. The number of aromatic nitrogens is 2. The Hall–Kier alpha value is -2.16. The number of anilines is 1. The molecule has 0 atom stereocenters. The zero-order chi connectivity index (χ0) is 14.7. The fourth-order valence-corrected chi connectivity index (χ4v) is 2.70. The molecule has 0 aliphatic rings. The van der Waals surface area contributed by atoms with Crippen LogP contribution in [0.5, 0.6) is 0 Å². The van der Waals surface area contributed by atoms with Crippen LogP contribution in [-0.4, -0.2) is 16.5 Å². The fraction of sp³-hybridized carbons (Fsp3) is 0.333. The second-order valence-corrected chi connectivity index (χ2v) is 5.41. The van der Waals surface area contributed by atoms with Gasteiger partial charge < -0.3 is 5.32 Å². The van der Waals surface area contributed by atoms with Gasteiger partial charge in [0.2, 0.25) is 0 Å². The van der Waals surface area contributed by atoms with Crippen molar-refractivity contribution in [3.63, 3.8) is 0 Å². The van der Waals surface area contributed by atoms with Crippen molar-refractivity contribution in [2.45, 2.75) is 33.1 Å². The monoisotopic (exact) mass is 279 g/mol. The van der Waals surface area contributed by atoms with E-state index in [0.717, 1.165) is 42.5 Å². The van der Waals surface area contributed by atoms with E-state index in [1.54, 1.807) is 0 Å². The van der Waals surface area contributed by atoms with Gasteiger partial charge in [0.25, 0.3) is 0 Å². The molecule has 0 bridgehead atoms. The molecular formula is C18H21N3. The Labute approximate surface area is 125 Å². The second-order valence-electron chi connectivity index (χ2n) is 5.41. The first-order chi connectivity index (χ1) is 10.3. The standard InChI is InChI=1S/C18H21N3/c1-3-5-15-11-14-7-6-13-8-10-19-12-16(13)17(14)21-18(15)20-9-4-2/h6-8,10-12H,3-5,9H2,1-2H3,(H,20,21). The number of benzene rings is 1. The van der Waals surface area contributed by atoms with Crippen LogP contribution in [0.25, 0.3) is 21.7 Å². The Morgan fingerprint density at radius 3 is 2.71 bits per heavy atom. The van der Waals surface area contributed by atoms with Crippen LogP contribution < -0.4 is 5.32 Å². The summed E-state index contributed by atoms with van der Waals surface area (Å²) in [6.07, 6.45) is 7.02. The van der Waals surface area contributed by atoms with E-state index in [9.17, 15) is 0 Å². The quantitative estimate of drug-likeness (QED) is 0.696. The lowest BCUT2D eigenvalue weighted by Gasteiger charge is -2.13. The average molecular weight is 279 g/mol. The van der Waals surface area contributed by atoms with E-state index in [1.807, 2.05) is 18.5 Å². The lowest BCUT2D eigenvalue weighted by Crippen LogP contribution is -2.06. The van der Waals surface area contributed by atoms with Crippen LogP contribution in [0.4, 0.5) is 5.82 Å². The number of nitrogens with one attached hydrogen (secondary N) is 1. The molecule has 0 unspecified atom stereocenters. The molecule has 0 aliphatic carbocycles. The van der Waals surface area contributed by atoms with Crippen LogP contribution in [-0.2, 0) is 6.42 Å². The van der Waals surface area contributed by atoms with Gasteiger partial charge in [-0.1, -0.05) is 32.4 Å². The predicted octanol–water partition coefficient (Wildman–Crippen LogP) is 4.56. The summed E-state index contributed by atoms with van der Waals surface area (Å²) < 4.78 is 0. The summed E-state index contributed by atoms with van der Waals surface area (Å²) in [5.41, 5.74) is 2.35. The molecule has 3 rings (SSSR count). The minimum atomic E-state index is 0.957. The molecule has 3 nitrogen and oxygen atoms in total. The van der Waals surface area contributed by atoms with Gasteiger partial charge in [0, 0.05) is 29.7 Å². The fourth-order valence-electron chi connectivity index (χ4n) is 2.70. The van der Waals surface area contributed by atoms with Crippen LogP contribution in [0.1, 0.15) is 32.3 Å². The van der Waals surface area contributed by atoms with E-state index in [4.69, 9.17) is 4.98 Å². The summed E-state index contributed by atoms with van der Waals surface area (Å²) >= 11 is 0. The lowest BCUT2D eigenvalue weighted by molar-refractivity contribution is 0.906. The summed E-state index contributed by atoms with van der Waals surface area (Å²) in [6, 6.07) is 8.62. The van der Waals surface area contributed by atoms with Crippen molar-refractivity contribution in [1.82, 2.24) is 9.97 Å². The van der Waals surface area contributed by atoms with E-state index >= 15 is 0 Å². The van der Waals surface area contributed by atoms with Crippen molar-refractivity contribution in [3.8, 4) is 0 Å². The molecule has 0 fully saturated rings. The Kier molecular flexibility index (Phi) is 4.00. The van der Waals surface area contributed by atoms with Crippen molar-refractivity contribution in [2.75, 3.05) is 11.9 Å². The van der Waals surface area contributed by atoms with E-state index in [2.05, 4.69) is 42.3 Å². The number of pyridine rings is 2. The number of nitrogens with zero attached hydrogens (tertiary/aromatic N) is 2. The Balaban J connectivity index is 2.21. The van der Waals surface area contributed by atoms with Gasteiger partial charge in [-0.05, 0) is 35.9 Å². The van der Waals surface area contributed by atoms with Crippen molar-refractivity contribution in [1.29, 1.82) is 0 Å². The number of hydrogen-bond donors (Lipinski definition) is 1. The minimum Gasteiger partial charge on any atom is -0.370 e. The molecule has 0 amide bonds. The van der Waals surface area contributed by atoms with Crippen LogP contribution in [0.15, 0.2) is 36.7 Å². The highest BCUT2D eigenvalue weighted by Crippen LogP contribution is 2.27. The molecule has 0 spiro atoms. The Morgan fingerprint density at radius 1 is 1.05 bits per heavy atom. The third kappa shape index (κ3) is 2.68. The van der Waals surface area contributed by atoms with Crippen molar-refractivity contribution in [3.05, 3.63) is 42.2 Å². The summed E-state index contributed by atoms with van der Waals surface area (Å²) in [6.45, 7) is 5.34. The second kappa shape index (κ2) is 6.08. The molecule has 0 saturated carbocycles. The molecule has 3 heteroatoms. The van der Waals surface area contributed by atoms with Gasteiger partial charge in [0.15, 0.2) is 0 Å². The maximum atomic E-state index is 4.91. The van der Waals surface area contributed by atoms with Gasteiger partial charge in [-0.25, -0.2) is 4.98 Å². The molecule has 108 valence electrons. The first-order valence-corrected chi connectivity index (χ1v) is 7.73. The molecule has 2 aromatic heterocycles. The van der Waals surface area contributed by atoms with Gasteiger partial charge in [-0.3, -0.25) is 4.98 Å². The van der Waals surface area contributed by atoms with Crippen molar-refractivity contribution < 1.29 is 0 Å². The highest BCUT2D eigenvalue weighted by Gasteiger charge is 2.08. The van der Waals surface area contributed by atoms with Gasteiger partial charge in [-0.2, -0.15) is 0 Å². The largest absolute Gasteiger partial charge is 0.370 e. The summed E-state index contributed by atoms with van der Waals surface area (Å²) in [4.78, 5) is 9.16. The first-order valence-electron chi connectivity index (χ1n) is 7.73. The molecule has 2 heterocycles. The molecule has 0 saturated heterocycles. The summed E-state index contributed by atoms with van der Waals surface area (Å²) in [7, 11) is 0. The number of fused-ring (bicyclic) bond motifs is 3. The van der Waals surface area contributed by atoms with Gasteiger partial charge in [-0.15, -0.1) is 0 Å². The van der Waals surface area contributed by atoms with E-state index in [-0.39, 0.29) is 0 Å². The lowest BCUT2D eigenvalue weighted by atomic mass is 10.0. The van der Waals surface area contributed by atoms with Crippen LogP contribution in [0.3, 0.4) is 0 Å². The predicted molar refractivity (Wildman–Crippen MR) is 89.8 cm³/mol. The number of rotatable bonds is 5. The molecule has 21 heavy (non-hydrogen) atoms. The first kappa shape index (κ1) is 13.8.